The number of halogens is 3. The van der Waals surface area contributed by atoms with E-state index in [4.69, 9.17) is 0 Å². The van der Waals surface area contributed by atoms with Crippen molar-refractivity contribution in [1.29, 1.82) is 0 Å². The largest absolute Gasteiger partial charge is 0.416 e. The second kappa shape index (κ2) is 8.74. The van der Waals surface area contributed by atoms with Crippen LogP contribution in [0.1, 0.15) is 69.4 Å². The van der Waals surface area contributed by atoms with Gasteiger partial charge in [0.1, 0.15) is 4.90 Å². The molecule has 0 radical (unpaired) electrons. The van der Waals surface area contributed by atoms with Crippen LogP contribution in [0.15, 0.2) is 35.2 Å². The van der Waals surface area contributed by atoms with E-state index in [2.05, 4.69) is 14.6 Å². The molecular weight excluding hydrogens is 439 g/mol. The van der Waals surface area contributed by atoms with Gasteiger partial charge in [-0.1, -0.05) is 26.8 Å². The normalized spacial score (nSPS) is 20.4. The van der Waals surface area contributed by atoms with Gasteiger partial charge in [-0.2, -0.15) is 13.2 Å². The van der Waals surface area contributed by atoms with E-state index in [1.165, 1.54) is 12.1 Å². The van der Waals surface area contributed by atoms with E-state index >= 15 is 0 Å². The summed E-state index contributed by atoms with van der Waals surface area (Å²) >= 11 is 0. The molecule has 0 amide bonds. The number of benzene rings is 1. The third-order valence-electron chi connectivity index (χ3n) is 6.22. The summed E-state index contributed by atoms with van der Waals surface area (Å²) in [6.45, 7) is 7.89. The van der Waals surface area contributed by atoms with Gasteiger partial charge in [-0.25, -0.2) is 8.42 Å². The van der Waals surface area contributed by atoms with E-state index in [1.54, 1.807) is 13.0 Å². The summed E-state index contributed by atoms with van der Waals surface area (Å²) in [4.78, 5) is 0.107. The Balaban J connectivity index is 2.00. The Labute approximate surface area is 188 Å². The fraction of sp³-hybridized carbons (Fsp3) is 0.565. The standard InChI is InChI=1S/C23H32F3N3O2S/c1-15-20(32(30,31)28-18-8-6-7-16(13-18)23(24,25)26)14-21(22(2,3)4)29(15)19-11-9-17(27-5)10-12-19/h6-8,13-14,17,19,27-28H,9-12H2,1-5H3/t17-,19+. The van der Waals surface area contributed by atoms with Crippen LogP contribution in [-0.4, -0.2) is 26.1 Å². The van der Waals surface area contributed by atoms with Crippen LogP contribution in [-0.2, 0) is 21.6 Å². The molecular formula is C23H32F3N3O2S. The van der Waals surface area contributed by atoms with Gasteiger partial charge >= 0.3 is 6.18 Å². The Kier molecular flexibility index (Phi) is 6.73. The van der Waals surface area contributed by atoms with Crippen LogP contribution in [0.4, 0.5) is 18.9 Å². The van der Waals surface area contributed by atoms with Crippen molar-refractivity contribution in [3.8, 4) is 0 Å². The third kappa shape index (κ3) is 5.14. The number of rotatable bonds is 5. The van der Waals surface area contributed by atoms with Gasteiger partial charge in [-0.15, -0.1) is 0 Å². The molecule has 0 saturated heterocycles. The number of anilines is 1. The maximum atomic E-state index is 13.2. The Morgan fingerprint density at radius 3 is 2.19 bits per heavy atom. The second-order valence-corrected chi connectivity index (χ2v) is 11.2. The van der Waals surface area contributed by atoms with Gasteiger partial charge in [0, 0.05) is 34.6 Å². The summed E-state index contributed by atoms with van der Waals surface area (Å²) < 4.78 is 70.1. The zero-order valence-electron chi connectivity index (χ0n) is 19.2. The lowest BCUT2D eigenvalue weighted by molar-refractivity contribution is -0.137. The molecule has 1 aromatic heterocycles. The van der Waals surface area contributed by atoms with Gasteiger partial charge in [-0.05, 0) is 63.9 Å². The number of nitrogens with one attached hydrogen (secondary N) is 2. The summed E-state index contributed by atoms with van der Waals surface area (Å²) in [5, 5.41) is 3.31. The maximum absolute atomic E-state index is 13.2. The van der Waals surface area contributed by atoms with E-state index in [9.17, 15) is 21.6 Å². The van der Waals surface area contributed by atoms with Crippen molar-refractivity contribution >= 4 is 15.7 Å². The summed E-state index contributed by atoms with van der Waals surface area (Å²) in [7, 11) is -2.12. The van der Waals surface area contributed by atoms with E-state index in [1.807, 2.05) is 27.8 Å². The maximum Gasteiger partial charge on any atom is 0.416 e. The quantitative estimate of drug-likeness (QED) is 0.595. The highest BCUT2D eigenvalue weighted by molar-refractivity contribution is 7.92. The van der Waals surface area contributed by atoms with E-state index in [0.717, 1.165) is 43.5 Å². The molecule has 0 atom stereocenters. The Morgan fingerprint density at radius 2 is 1.66 bits per heavy atom. The molecule has 0 spiro atoms. The first-order valence-electron chi connectivity index (χ1n) is 10.8. The van der Waals surface area contributed by atoms with Crippen LogP contribution < -0.4 is 10.0 Å². The van der Waals surface area contributed by atoms with Gasteiger partial charge in [0.15, 0.2) is 0 Å². The van der Waals surface area contributed by atoms with Gasteiger partial charge in [0.2, 0.25) is 0 Å². The smallest absolute Gasteiger partial charge is 0.344 e. The lowest BCUT2D eigenvalue weighted by Gasteiger charge is -2.34. The van der Waals surface area contributed by atoms with Crippen molar-refractivity contribution in [3.05, 3.63) is 47.3 Å². The fourth-order valence-electron chi connectivity index (χ4n) is 4.51. The molecule has 1 aliphatic rings. The van der Waals surface area contributed by atoms with Crippen molar-refractivity contribution in [2.45, 2.75) is 81.9 Å². The van der Waals surface area contributed by atoms with Crippen molar-refractivity contribution in [1.82, 2.24) is 9.88 Å². The van der Waals surface area contributed by atoms with Crippen LogP contribution >= 0.6 is 0 Å². The van der Waals surface area contributed by atoms with Crippen molar-refractivity contribution < 1.29 is 21.6 Å². The second-order valence-electron chi connectivity index (χ2n) is 9.58. The van der Waals surface area contributed by atoms with Crippen molar-refractivity contribution in [3.63, 3.8) is 0 Å². The van der Waals surface area contributed by atoms with E-state index < -0.39 is 21.8 Å². The molecule has 178 valence electrons. The molecule has 0 unspecified atom stereocenters. The van der Waals surface area contributed by atoms with E-state index in [0.29, 0.717) is 11.7 Å². The molecule has 1 aliphatic carbocycles. The number of sulfonamides is 1. The predicted molar refractivity (Wildman–Crippen MR) is 120 cm³/mol. The van der Waals surface area contributed by atoms with Gasteiger partial charge in [0.25, 0.3) is 10.0 Å². The molecule has 2 aromatic rings. The SMILES string of the molecule is CN[C@H]1CC[C@@H](n2c(C(C)(C)C)cc(S(=O)(=O)Nc3cccc(C(F)(F)F)c3)c2C)CC1. The highest BCUT2D eigenvalue weighted by Crippen LogP contribution is 2.38. The van der Waals surface area contributed by atoms with Gasteiger partial charge in [-0.3, -0.25) is 4.72 Å². The third-order valence-corrected chi connectivity index (χ3v) is 7.71. The Morgan fingerprint density at radius 1 is 1.03 bits per heavy atom. The molecule has 1 aromatic carbocycles. The summed E-state index contributed by atoms with van der Waals surface area (Å²) in [6, 6.07) is 6.57. The first-order chi connectivity index (χ1) is 14.7. The van der Waals surface area contributed by atoms with Crippen LogP contribution in [0.5, 0.6) is 0 Å². The zero-order valence-corrected chi connectivity index (χ0v) is 20.0. The highest BCUT2D eigenvalue weighted by atomic mass is 32.2. The number of alkyl halides is 3. The van der Waals surface area contributed by atoms with Crippen molar-refractivity contribution in [2.24, 2.45) is 0 Å². The first kappa shape index (κ1) is 24.6. The average molecular weight is 472 g/mol. The van der Waals surface area contributed by atoms with Crippen LogP contribution in [0.3, 0.4) is 0 Å². The van der Waals surface area contributed by atoms with Crippen molar-refractivity contribution in [2.75, 3.05) is 11.8 Å². The lowest BCUT2D eigenvalue weighted by atomic mass is 9.88. The molecule has 1 saturated carbocycles. The Bertz CT molecular complexity index is 1060. The van der Waals surface area contributed by atoms with E-state index in [-0.39, 0.29) is 22.0 Å². The minimum absolute atomic E-state index is 0.107. The number of aromatic nitrogens is 1. The zero-order chi connectivity index (χ0) is 23.9. The summed E-state index contributed by atoms with van der Waals surface area (Å²) in [6.07, 6.45) is -0.665. The fourth-order valence-corrected chi connectivity index (χ4v) is 5.81. The average Bonchev–Trinajstić information content (AvgIpc) is 3.06. The number of hydrogen-bond donors (Lipinski definition) is 2. The highest BCUT2D eigenvalue weighted by Gasteiger charge is 2.34. The first-order valence-corrected chi connectivity index (χ1v) is 12.3. The molecule has 3 rings (SSSR count). The summed E-state index contributed by atoms with van der Waals surface area (Å²) in [5.74, 6) is 0. The van der Waals surface area contributed by atoms with Crippen LogP contribution in [0.2, 0.25) is 0 Å². The number of hydrogen-bond acceptors (Lipinski definition) is 3. The van der Waals surface area contributed by atoms with Crippen LogP contribution in [0, 0.1) is 6.92 Å². The van der Waals surface area contributed by atoms with Gasteiger partial charge < -0.3 is 9.88 Å². The molecule has 32 heavy (non-hydrogen) atoms. The number of nitrogens with zero attached hydrogens (tertiary/aromatic N) is 1. The molecule has 0 aliphatic heterocycles. The monoisotopic (exact) mass is 471 g/mol. The molecule has 0 bridgehead atoms. The summed E-state index contributed by atoms with van der Waals surface area (Å²) in [5.41, 5.74) is 0.214. The molecule has 1 fully saturated rings. The minimum atomic E-state index is -4.55. The minimum Gasteiger partial charge on any atom is -0.344 e. The molecule has 9 heteroatoms. The van der Waals surface area contributed by atoms with Crippen LogP contribution in [0.25, 0.3) is 0 Å². The Hall–Kier alpha value is -2.00. The molecule has 5 nitrogen and oxygen atoms in total. The topological polar surface area (TPSA) is 63.1 Å². The van der Waals surface area contributed by atoms with Gasteiger partial charge in [0.05, 0.1) is 5.56 Å². The molecule has 1 heterocycles. The predicted octanol–water partition coefficient (Wildman–Crippen LogP) is 5.62. The lowest BCUT2D eigenvalue weighted by Crippen LogP contribution is -2.32. The molecule has 2 N–H and O–H groups in total.